The summed E-state index contributed by atoms with van der Waals surface area (Å²) >= 11 is 1.71. The Kier molecular flexibility index (Phi) is 5.55. The van der Waals surface area contributed by atoms with Crippen molar-refractivity contribution in [1.82, 2.24) is 4.98 Å². The Hall–Kier alpha value is -0.970. The standard InChI is InChI=1S/C12H15N2OS.ClH/c1-10-12(4-7-15)16-9-14(10)8-11-2-5-13-6-3-11;/h2-3,5-6,9,15H,4,7-8H2,1H3;1H/q+1;/p-1. The summed E-state index contributed by atoms with van der Waals surface area (Å²) in [5.41, 5.74) is 4.60. The third-order valence-corrected chi connectivity index (χ3v) is 3.74. The Morgan fingerprint density at radius 2 is 2.06 bits per heavy atom. The lowest BCUT2D eigenvalue weighted by Gasteiger charge is -1.96. The summed E-state index contributed by atoms with van der Waals surface area (Å²) in [5, 5.41) is 8.93. The van der Waals surface area contributed by atoms with Crippen molar-refractivity contribution in [3.05, 3.63) is 46.2 Å². The third-order valence-electron chi connectivity index (χ3n) is 2.60. The highest BCUT2D eigenvalue weighted by molar-refractivity contribution is 7.09. The van der Waals surface area contributed by atoms with E-state index in [-0.39, 0.29) is 19.0 Å². The second-order valence-electron chi connectivity index (χ2n) is 3.69. The highest BCUT2D eigenvalue weighted by atomic mass is 35.5. The zero-order valence-corrected chi connectivity index (χ0v) is 11.2. The molecule has 17 heavy (non-hydrogen) atoms. The number of nitrogens with zero attached hydrogens (tertiary/aromatic N) is 2. The van der Waals surface area contributed by atoms with Gasteiger partial charge in [-0.1, -0.05) is 11.3 Å². The number of rotatable bonds is 4. The van der Waals surface area contributed by atoms with E-state index < -0.39 is 0 Å². The van der Waals surface area contributed by atoms with E-state index in [1.807, 2.05) is 24.5 Å². The lowest BCUT2D eigenvalue weighted by molar-refractivity contribution is -0.689. The quantitative estimate of drug-likeness (QED) is 0.675. The molecule has 0 spiro atoms. The fourth-order valence-electron chi connectivity index (χ4n) is 1.63. The van der Waals surface area contributed by atoms with E-state index in [1.165, 1.54) is 16.1 Å². The molecule has 0 radical (unpaired) electrons. The summed E-state index contributed by atoms with van der Waals surface area (Å²) in [4.78, 5) is 5.27. The largest absolute Gasteiger partial charge is 1.00 e. The van der Waals surface area contributed by atoms with E-state index in [1.54, 1.807) is 11.3 Å². The van der Waals surface area contributed by atoms with E-state index in [2.05, 4.69) is 22.0 Å². The van der Waals surface area contributed by atoms with Gasteiger partial charge >= 0.3 is 0 Å². The minimum Gasteiger partial charge on any atom is -1.00 e. The second-order valence-corrected chi connectivity index (χ2v) is 4.63. The molecule has 3 nitrogen and oxygen atoms in total. The number of aliphatic hydroxyl groups is 1. The van der Waals surface area contributed by atoms with Crippen LogP contribution in [0.5, 0.6) is 0 Å². The SMILES string of the molecule is Cc1c(CCO)sc[n+]1Cc1ccncc1.[Cl-]. The van der Waals surface area contributed by atoms with Crippen molar-refractivity contribution in [2.45, 2.75) is 19.9 Å². The smallest absolute Gasteiger partial charge is 0.225 e. The van der Waals surface area contributed by atoms with Gasteiger partial charge in [0.1, 0.15) is 0 Å². The molecule has 2 heterocycles. The first-order valence-electron chi connectivity index (χ1n) is 5.27. The number of halogens is 1. The van der Waals surface area contributed by atoms with Crippen LogP contribution in [0.25, 0.3) is 0 Å². The van der Waals surface area contributed by atoms with Crippen molar-refractivity contribution in [3.63, 3.8) is 0 Å². The molecule has 0 fully saturated rings. The molecule has 0 aliphatic rings. The summed E-state index contributed by atoms with van der Waals surface area (Å²) in [6.07, 6.45) is 4.37. The molecule has 0 amide bonds. The van der Waals surface area contributed by atoms with E-state index in [0.29, 0.717) is 0 Å². The first kappa shape index (κ1) is 14.1. The van der Waals surface area contributed by atoms with E-state index in [4.69, 9.17) is 5.11 Å². The number of pyridine rings is 1. The Bertz CT molecular complexity index is 459. The van der Waals surface area contributed by atoms with Crippen LogP contribution < -0.4 is 17.0 Å². The summed E-state index contributed by atoms with van der Waals surface area (Å²) in [5.74, 6) is 0. The minimum atomic E-state index is 0. The summed E-state index contributed by atoms with van der Waals surface area (Å²) in [6.45, 7) is 3.19. The molecule has 92 valence electrons. The number of hydrogen-bond acceptors (Lipinski definition) is 3. The van der Waals surface area contributed by atoms with E-state index in [9.17, 15) is 0 Å². The van der Waals surface area contributed by atoms with Gasteiger partial charge in [-0.15, -0.1) is 0 Å². The van der Waals surface area contributed by atoms with Crippen molar-refractivity contribution in [1.29, 1.82) is 0 Å². The first-order chi connectivity index (χ1) is 7.81. The number of hydrogen-bond donors (Lipinski definition) is 1. The number of aromatic nitrogens is 2. The minimum absolute atomic E-state index is 0. The average Bonchev–Trinajstić information content (AvgIpc) is 2.64. The van der Waals surface area contributed by atoms with Gasteiger partial charge in [-0.05, 0) is 12.1 Å². The van der Waals surface area contributed by atoms with Crippen molar-refractivity contribution < 1.29 is 22.1 Å². The van der Waals surface area contributed by atoms with Gasteiger partial charge in [0.25, 0.3) is 0 Å². The number of thiazole rings is 1. The van der Waals surface area contributed by atoms with Gasteiger partial charge in [0.05, 0.1) is 4.88 Å². The molecule has 0 aliphatic heterocycles. The van der Waals surface area contributed by atoms with Crippen LogP contribution in [0.1, 0.15) is 16.1 Å². The maximum absolute atomic E-state index is 8.93. The zero-order chi connectivity index (χ0) is 11.4. The molecule has 0 atom stereocenters. The topological polar surface area (TPSA) is 37.0 Å². The maximum atomic E-state index is 8.93. The highest BCUT2D eigenvalue weighted by Gasteiger charge is 2.14. The van der Waals surface area contributed by atoms with Gasteiger partial charge in [0, 0.05) is 37.9 Å². The lowest BCUT2D eigenvalue weighted by atomic mass is 10.2. The Morgan fingerprint density at radius 3 is 2.71 bits per heavy atom. The Balaban J connectivity index is 0.00000144. The van der Waals surface area contributed by atoms with Crippen molar-refractivity contribution in [2.24, 2.45) is 0 Å². The van der Waals surface area contributed by atoms with Gasteiger partial charge in [-0.25, -0.2) is 0 Å². The molecule has 0 aliphatic carbocycles. The molecular weight excluding hydrogens is 256 g/mol. The first-order valence-corrected chi connectivity index (χ1v) is 6.15. The van der Waals surface area contributed by atoms with Gasteiger partial charge in [0.2, 0.25) is 5.51 Å². The highest BCUT2D eigenvalue weighted by Crippen LogP contribution is 2.11. The van der Waals surface area contributed by atoms with Gasteiger partial charge in [0.15, 0.2) is 12.2 Å². The van der Waals surface area contributed by atoms with Crippen LogP contribution in [0.3, 0.4) is 0 Å². The molecular formula is C12H15ClN2OS. The summed E-state index contributed by atoms with van der Waals surface area (Å²) < 4.78 is 2.21. The number of aliphatic hydroxyl groups excluding tert-OH is 1. The van der Waals surface area contributed by atoms with Gasteiger partial charge in [-0.3, -0.25) is 4.98 Å². The zero-order valence-electron chi connectivity index (χ0n) is 9.64. The molecule has 0 saturated heterocycles. The van der Waals surface area contributed by atoms with Crippen LogP contribution in [0.15, 0.2) is 30.0 Å². The summed E-state index contributed by atoms with van der Waals surface area (Å²) in [7, 11) is 0. The van der Waals surface area contributed by atoms with Crippen LogP contribution in [0, 0.1) is 6.92 Å². The van der Waals surface area contributed by atoms with Crippen LogP contribution in [0.4, 0.5) is 0 Å². The van der Waals surface area contributed by atoms with Crippen LogP contribution in [-0.2, 0) is 13.0 Å². The predicted octanol–water partition coefficient (Wildman–Crippen LogP) is -1.67. The predicted molar refractivity (Wildman–Crippen MR) is 63.4 cm³/mol. The third kappa shape index (κ3) is 3.49. The van der Waals surface area contributed by atoms with E-state index >= 15 is 0 Å². The Labute approximate surface area is 111 Å². The van der Waals surface area contributed by atoms with Gasteiger partial charge in [-0.2, -0.15) is 4.57 Å². The molecule has 1 N–H and O–H groups in total. The van der Waals surface area contributed by atoms with Gasteiger partial charge < -0.3 is 17.5 Å². The molecule has 0 bridgehead atoms. The fourth-order valence-corrected chi connectivity index (χ4v) is 2.62. The molecule has 2 aromatic rings. The molecule has 2 aromatic heterocycles. The summed E-state index contributed by atoms with van der Waals surface area (Å²) in [6, 6.07) is 4.05. The molecule has 5 heteroatoms. The van der Waals surface area contributed by atoms with E-state index in [0.717, 1.165) is 13.0 Å². The monoisotopic (exact) mass is 270 g/mol. The van der Waals surface area contributed by atoms with Crippen molar-refractivity contribution in [3.8, 4) is 0 Å². The second kappa shape index (κ2) is 6.69. The Morgan fingerprint density at radius 1 is 1.35 bits per heavy atom. The molecule has 2 rings (SSSR count). The van der Waals surface area contributed by atoms with Crippen LogP contribution in [0.2, 0.25) is 0 Å². The maximum Gasteiger partial charge on any atom is 0.225 e. The average molecular weight is 271 g/mol. The molecule has 0 aromatic carbocycles. The fraction of sp³-hybridized carbons (Fsp3) is 0.333. The van der Waals surface area contributed by atoms with Crippen LogP contribution >= 0.6 is 11.3 Å². The normalized spacial score (nSPS) is 10.0. The molecule has 0 saturated carbocycles. The van der Waals surface area contributed by atoms with Crippen molar-refractivity contribution >= 4 is 11.3 Å². The van der Waals surface area contributed by atoms with Crippen LogP contribution in [-0.4, -0.2) is 16.7 Å². The lowest BCUT2D eigenvalue weighted by Crippen LogP contribution is -3.00. The van der Waals surface area contributed by atoms with Crippen molar-refractivity contribution in [2.75, 3.05) is 6.61 Å². The molecule has 0 unspecified atom stereocenters.